The van der Waals surface area contributed by atoms with Crippen molar-refractivity contribution < 1.29 is 14.4 Å². The highest BCUT2D eigenvalue weighted by Gasteiger charge is 2.24. The minimum atomic E-state index is -0.884. The van der Waals surface area contributed by atoms with Gasteiger partial charge in [-0.05, 0) is 12.8 Å². The molecule has 0 saturated carbocycles. The summed E-state index contributed by atoms with van der Waals surface area (Å²) < 4.78 is 0. The average molecular weight is 201 g/mol. The fraction of sp³-hybridized carbons (Fsp3) is 0.750. The van der Waals surface area contributed by atoms with Crippen LogP contribution in [0.1, 0.15) is 19.3 Å². The molecule has 0 spiro atoms. The van der Waals surface area contributed by atoms with Crippen molar-refractivity contribution in [3.8, 4) is 0 Å². The molecule has 1 atom stereocenters. The second kappa shape index (κ2) is 4.92. The zero-order chi connectivity index (χ0) is 10.6. The molecule has 0 aliphatic carbocycles. The number of nitrogens with zero attached hydrogens (tertiary/aromatic N) is 1. The number of carbonyl (C=O) groups excluding carboxylic acids is 2. The van der Waals surface area contributed by atoms with E-state index in [9.17, 15) is 9.59 Å². The molecule has 6 nitrogen and oxygen atoms in total. The number of hydroxylamine groups is 2. The van der Waals surface area contributed by atoms with Crippen LogP contribution < -0.4 is 11.5 Å². The lowest BCUT2D eigenvalue weighted by atomic mass is 10.2. The lowest BCUT2D eigenvalue weighted by Gasteiger charge is -2.27. The van der Waals surface area contributed by atoms with E-state index in [1.165, 1.54) is 5.06 Å². The molecule has 1 rings (SSSR count). The van der Waals surface area contributed by atoms with Gasteiger partial charge < -0.3 is 11.5 Å². The van der Waals surface area contributed by atoms with Crippen LogP contribution in [0, 0.1) is 0 Å². The Morgan fingerprint density at radius 1 is 1.43 bits per heavy atom. The minimum Gasteiger partial charge on any atom is -0.370 e. The van der Waals surface area contributed by atoms with E-state index >= 15 is 0 Å². The molecule has 1 fully saturated rings. The average Bonchev–Trinajstić information content (AvgIpc) is 2.17. The van der Waals surface area contributed by atoms with Crippen LogP contribution in [-0.2, 0) is 14.4 Å². The summed E-state index contributed by atoms with van der Waals surface area (Å²) in [6.45, 7) is 1.06. The zero-order valence-corrected chi connectivity index (χ0v) is 7.94. The fourth-order valence-corrected chi connectivity index (χ4v) is 1.26. The van der Waals surface area contributed by atoms with E-state index in [0.29, 0.717) is 13.2 Å². The van der Waals surface area contributed by atoms with Crippen molar-refractivity contribution in [3.05, 3.63) is 0 Å². The normalized spacial score (nSPS) is 19.1. The molecular weight excluding hydrogens is 186 g/mol. The molecule has 1 heterocycles. The summed E-state index contributed by atoms with van der Waals surface area (Å²) in [5, 5.41) is 1.22. The smallest absolute Gasteiger partial charge is 0.263 e. The number of amides is 2. The van der Waals surface area contributed by atoms with Crippen molar-refractivity contribution in [1.29, 1.82) is 0 Å². The van der Waals surface area contributed by atoms with E-state index in [1.54, 1.807) is 0 Å². The summed E-state index contributed by atoms with van der Waals surface area (Å²) in [6, 6.07) is -0.884. The topological polar surface area (TPSA) is 98.7 Å². The predicted molar refractivity (Wildman–Crippen MR) is 48.7 cm³/mol. The molecule has 2 amide bonds. The predicted octanol–water partition coefficient (Wildman–Crippen LogP) is -1.26. The van der Waals surface area contributed by atoms with Crippen LogP contribution in [0.4, 0.5) is 0 Å². The Balaban J connectivity index is 2.42. The Kier molecular flexibility index (Phi) is 3.84. The summed E-state index contributed by atoms with van der Waals surface area (Å²) >= 11 is 0. The molecule has 14 heavy (non-hydrogen) atoms. The molecule has 0 aromatic heterocycles. The highest BCUT2D eigenvalue weighted by Crippen LogP contribution is 2.07. The standard InChI is InChI=1S/C8H15N3O3/c9-6(5-7(10)12)8(13)11-3-1-2-4-14-11/h6H,1-5,9H2,(H2,10,12). The highest BCUT2D eigenvalue weighted by molar-refractivity contribution is 5.86. The third-order valence-electron chi connectivity index (χ3n) is 1.99. The molecule has 0 aromatic carbocycles. The molecule has 80 valence electrons. The number of carbonyl (C=O) groups is 2. The lowest BCUT2D eigenvalue weighted by Crippen LogP contribution is -2.47. The Morgan fingerprint density at radius 3 is 2.64 bits per heavy atom. The Hall–Kier alpha value is -1.14. The third kappa shape index (κ3) is 2.97. The fourth-order valence-electron chi connectivity index (χ4n) is 1.26. The van der Waals surface area contributed by atoms with E-state index in [4.69, 9.17) is 16.3 Å². The summed E-state index contributed by atoms with van der Waals surface area (Å²) in [6.07, 6.45) is 1.70. The van der Waals surface area contributed by atoms with Crippen LogP contribution in [0.15, 0.2) is 0 Å². The molecular formula is C8H15N3O3. The summed E-state index contributed by atoms with van der Waals surface area (Å²) in [5.74, 6) is -0.952. The van der Waals surface area contributed by atoms with Gasteiger partial charge in [0.25, 0.3) is 5.91 Å². The van der Waals surface area contributed by atoms with Gasteiger partial charge in [0.2, 0.25) is 5.91 Å². The SMILES string of the molecule is NC(=O)CC(N)C(=O)N1CCCCO1. The van der Waals surface area contributed by atoms with Crippen LogP contribution in [0.3, 0.4) is 0 Å². The highest BCUT2D eigenvalue weighted by atomic mass is 16.7. The van der Waals surface area contributed by atoms with Gasteiger partial charge in [0.1, 0.15) is 0 Å². The van der Waals surface area contributed by atoms with Gasteiger partial charge in [-0.25, -0.2) is 5.06 Å². The van der Waals surface area contributed by atoms with Crippen LogP contribution in [-0.4, -0.2) is 36.1 Å². The Bertz CT molecular complexity index is 226. The maximum atomic E-state index is 11.5. The van der Waals surface area contributed by atoms with Gasteiger partial charge in [0.15, 0.2) is 0 Å². The molecule has 1 unspecified atom stereocenters. The Labute approximate surface area is 82.1 Å². The molecule has 1 saturated heterocycles. The van der Waals surface area contributed by atoms with Crippen molar-refractivity contribution in [2.45, 2.75) is 25.3 Å². The van der Waals surface area contributed by atoms with Gasteiger partial charge in [-0.1, -0.05) is 0 Å². The number of nitrogens with two attached hydrogens (primary N) is 2. The van der Waals surface area contributed by atoms with E-state index in [1.807, 2.05) is 0 Å². The van der Waals surface area contributed by atoms with Gasteiger partial charge in [0.05, 0.1) is 19.1 Å². The van der Waals surface area contributed by atoms with Crippen LogP contribution in [0.5, 0.6) is 0 Å². The Morgan fingerprint density at radius 2 is 2.14 bits per heavy atom. The quantitative estimate of drug-likeness (QED) is 0.595. The van der Waals surface area contributed by atoms with Crippen LogP contribution >= 0.6 is 0 Å². The summed E-state index contributed by atoms with van der Waals surface area (Å²) in [7, 11) is 0. The first-order chi connectivity index (χ1) is 6.61. The molecule has 4 N–H and O–H groups in total. The first kappa shape index (κ1) is 10.9. The lowest BCUT2D eigenvalue weighted by molar-refractivity contribution is -0.198. The van der Waals surface area contributed by atoms with E-state index in [-0.39, 0.29) is 12.3 Å². The second-order valence-corrected chi connectivity index (χ2v) is 3.26. The van der Waals surface area contributed by atoms with Crippen molar-refractivity contribution in [2.75, 3.05) is 13.2 Å². The molecule has 1 aliphatic rings. The molecule has 0 bridgehead atoms. The van der Waals surface area contributed by atoms with Gasteiger partial charge in [-0.15, -0.1) is 0 Å². The van der Waals surface area contributed by atoms with Crippen molar-refractivity contribution >= 4 is 11.8 Å². The van der Waals surface area contributed by atoms with Crippen LogP contribution in [0.2, 0.25) is 0 Å². The number of primary amides is 1. The molecule has 6 heteroatoms. The largest absolute Gasteiger partial charge is 0.370 e. The van der Waals surface area contributed by atoms with Crippen molar-refractivity contribution in [1.82, 2.24) is 5.06 Å². The number of hydrogen-bond acceptors (Lipinski definition) is 4. The molecule has 0 radical (unpaired) electrons. The van der Waals surface area contributed by atoms with Gasteiger partial charge >= 0.3 is 0 Å². The van der Waals surface area contributed by atoms with Crippen LogP contribution in [0.25, 0.3) is 0 Å². The van der Waals surface area contributed by atoms with Crippen molar-refractivity contribution in [2.24, 2.45) is 11.5 Å². The van der Waals surface area contributed by atoms with Gasteiger partial charge in [0, 0.05) is 6.54 Å². The zero-order valence-electron chi connectivity index (χ0n) is 7.94. The maximum absolute atomic E-state index is 11.5. The number of rotatable bonds is 3. The van der Waals surface area contributed by atoms with Gasteiger partial charge in [-0.3, -0.25) is 14.4 Å². The molecule has 1 aliphatic heterocycles. The van der Waals surface area contributed by atoms with Gasteiger partial charge in [-0.2, -0.15) is 0 Å². The summed E-state index contributed by atoms with van der Waals surface area (Å²) in [4.78, 5) is 27.1. The minimum absolute atomic E-state index is 0.140. The van der Waals surface area contributed by atoms with E-state index < -0.39 is 11.9 Å². The third-order valence-corrected chi connectivity index (χ3v) is 1.99. The summed E-state index contributed by atoms with van der Waals surface area (Å²) in [5.41, 5.74) is 10.4. The first-order valence-corrected chi connectivity index (χ1v) is 4.59. The van der Waals surface area contributed by atoms with E-state index in [0.717, 1.165) is 12.8 Å². The van der Waals surface area contributed by atoms with E-state index in [2.05, 4.69) is 0 Å². The molecule has 0 aromatic rings. The second-order valence-electron chi connectivity index (χ2n) is 3.26. The van der Waals surface area contributed by atoms with Crippen molar-refractivity contribution in [3.63, 3.8) is 0 Å². The number of hydrogen-bond donors (Lipinski definition) is 2. The maximum Gasteiger partial charge on any atom is 0.263 e. The first-order valence-electron chi connectivity index (χ1n) is 4.59. The monoisotopic (exact) mass is 201 g/mol.